The molecule has 1 aromatic rings. The molecule has 1 aliphatic heterocycles. The van der Waals surface area contributed by atoms with E-state index in [-0.39, 0.29) is 6.03 Å². The number of hydrogen-bond donors (Lipinski definition) is 2. The molecule has 0 radical (unpaired) electrons. The number of carbonyl (C=O) groups excluding carboxylic acids is 1. The Bertz CT molecular complexity index is 505. The summed E-state index contributed by atoms with van der Waals surface area (Å²) in [6, 6.07) is 5.89. The van der Waals surface area contributed by atoms with Gasteiger partial charge in [0.05, 0.1) is 12.7 Å². The Hall–Kier alpha value is -1.75. The van der Waals surface area contributed by atoms with Gasteiger partial charge in [0.1, 0.15) is 5.75 Å². The SMILES string of the molecule is CCCOc1cc(C)ccc1CNC(=O)N1CCCC(O)C1. The maximum absolute atomic E-state index is 12.2. The third kappa shape index (κ3) is 4.63. The van der Waals surface area contributed by atoms with Crippen LogP contribution < -0.4 is 10.1 Å². The van der Waals surface area contributed by atoms with Gasteiger partial charge in [-0.05, 0) is 37.8 Å². The van der Waals surface area contributed by atoms with E-state index in [0.717, 1.165) is 36.1 Å². The number of hydrogen-bond acceptors (Lipinski definition) is 3. The van der Waals surface area contributed by atoms with Crippen LogP contribution >= 0.6 is 0 Å². The Morgan fingerprint density at radius 1 is 1.50 bits per heavy atom. The number of aryl methyl sites for hydroxylation is 1. The standard InChI is InChI=1S/C17H26N2O3/c1-3-9-22-16-10-13(2)6-7-14(16)11-18-17(21)19-8-4-5-15(20)12-19/h6-7,10,15,20H,3-5,8-9,11-12H2,1-2H3,(H,18,21). The van der Waals surface area contributed by atoms with Crippen molar-refractivity contribution in [2.24, 2.45) is 0 Å². The number of β-amino-alcohol motifs (C(OH)–C–C–N with tert-alkyl or cyclic N) is 1. The maximum Gasteiger partial charge on any atom is 0.317 e. The van der Waals surface area contributed by atoms with Gasteiger partial charge in [-0.2, -0.15) is 0 Å². The number of aliphatic hydroxyl groups excluding tert-OH is 1. The van der Waals surface area contributed by atoms with Crippen LogP contribution in [-0.4, -0.2) is 41.8 Å². The van der Waals surface area contributed by atoms with E-state index in [1.807, 2.05) is 25.1 Å². The number of rotatable bonds is 5. The minimum absolute atomic E-state index is 0.124. The van der Waals surface area contributed by atoms with Crippen LogP contribution in [0.2, 0.25) is 0 Å². The van der Waals surface area contributed by atoms with Gasteiger partial charge in [-0.15, -0.1) is 0 Å². The van der Waals surface area contributed by atoms with E-state index in [1.54, 1.807) is 4.90 Å². The normalized spacial score (nSPS) is 18.1. The molecule has 0 aliphatic carbocycles. The number of piperidine rings is 1. The molecule has 1 atom stereocenters. The summed E-state index contributed by atoms with van der Waals surface area (Å²) in [6.45, 7) is 6.32. The number of urea groups is 1. The minimum atomic E-state index is -0.401. The van der Waals surface area contributed by atoms with Crippen molar-refractivity contribution < 1.29 is 14.6 Å². The highest BCUT2D eigenvalue weighted by Crippen LogP contribution is 2.20. The number of aliphatic hydroxyl groups is 1. The second-order valence-electron chi connectivity index (χ2n) is 5.86. The second kappa shape index (κ2) is 8.03. The zero-order valence-corrected chi connectivity index (χ0v) is 13.5. The van der Waals surface area contributed by atoms with Crippen molar-refractivity contribution in [1.29, 1.82) is 0 Å². The minimum Gasteiger partial charge on any atom is -0.493 e. The topological polar surface area (TPSA) is 61.8 Å². The smallest absolute Gasteiger partial charge is 0.317 e. The molecule has 122 valence electrons. The first-order valence-electron chi connectivity index (χ1n) is 8.03. The number of ether oxygens (including phenoxy) is 1. The summed E-state index contributed by atoms with van der Waals surface area (Å²) in [6.07, 6.45) is 2.17. The Kier molecular flexibility index (Phi) is 6.07. The average Bonchev–Trinajstić information content (AvgIpc) is 2.51. The third-order valence-electron chi connectivity index (χ3n) is 3.80. The van der Waals surface area contributed by atoms with Gasteiger partial charge < -0.3 is 20.1 Å². The van der Waals surface area contributed by atoms with Crippen molar-refractivity contribution in [3.05, 3.63) is 29.3 Å². The largest absolute Gasteiger partial charge is 0.493 e. The molecular formula is C17H26N2O3. The summed E-state index contributed by atoms with van der Waals surface area (Å²) < 4.78 is 5.76. The van der Waals surface area contributed by atoms with Crippen LogP contribution in [0.5, 0.6) is 5.75 Å². The molecule has 1 aromatic carbocycles. The number of amides is 2. The first-order valence-corrected chi connectivity index (χ1v) is 8.03. The first kappa shape index (κ1) is 16.6. The second-order valence-corrected chi connectivity index (χ2v) is 5.86. The van der Waals surface area contributed by atoms with Crippen LogP contribution in [0.3, 0.4) is 0 Å². The highest BCUT2D eigenvalue weighted by atomic mass is 16.5. The van der Waals surface area contributed by atoms with Crippen LogP contribution in [0.25, 0.3) is 0 Å². The van der Waals surface area contributed by atoms with Gasteiger partial charge in [0.25, 0.3) is 0 Å². The fourth-order valence-electron chi connectivity index (χ4n) is 2.58. The average molecular weight is 306 g/mol. The summed E-state index contributed by atoms with van der Waals surface area (Å²) >= 11 is 0. The van der Waals surface area contributed by atoms with Gasteiger partial charge in [0.15, 0.2) is 0 Å². The summed E-state index contributed by atoms with van der Waals surface area (Å²) in [5.41, 5.74) is 2.12. The quantitative estimate of drug-likeness (QED) is 0.878. The number of carbonyl (C=O) groups is 1. The van der Waals surface area contributed by atoms with Gasteiger partial charge in [-0.1, -0.05) is 19.1 Å². The summed E-state index contributed by atoms with van der Waals surface area (Å²) in [4.78, 5) is 13.8. The molecule has 5 nitrogen and oxygen atoms in total. The van der Waals surface area contributed by atoms with Crippen molar-refractivity contribution in [2.45, 2.75) is 45.8 Å². The molecule has 0 saturated carbocycles. The van der Waals surface area contributed by atoms with E-state index < -0.39 is 6.10 Å². The number of nitrogens with zero attached hydrogens (tertiary/aromatic N) is 1. The lowest BCUT2D eigenvalue weighted by molar-refractivity contribution is 0.0841. The van der Waals surface area contributed by atoms with E-state index in [1.165, 1.54) is 0 Å². The highest BCUT2D eigenvalue weighted by Gasteiger charge is 2.21. The zero-order valence-electron chi connectivity index (χ0n) is 13.5. The fraction of sp³-hybridized carbons (Fsp3) is 0.588. The Morgan fingerprint density at radius 3 is 3.05 bits per heavy atom. The lowest BCUT2D eigenvalue weighted by atomic mass is 10.1. The molecule has 2 rings (SSSR count). The van der Waals surface area contributed by atoms with Gasteiger partial charge in [0, 0.05) is 25.2 Å². The van der Waals surface area contributed by atoms with E-state index in [2.05, 4.69) is 12.2 Å². The molecule has 1 fully saturated rings. The lowest BCUT2D eigenvalue weighted by Gasteiger charge is -2.30. The van der Waals surface area contributed by atoms with Crippen LogP contribution in [0, 0.1) is 6.92 Å². The fourth-order valence-corrected chi connectivity index (χ4v) is 2.58. The Labute approximate surface area is 132 Å². The Balaban J connectivity index is 1.94. The van der Waals surface area contributed by atoms with Gasteiger partial charge >= 0.3 is 6.03 Å². The molecule has 0 aromatic heterocycles. The van der Waals surface area contributed by atoms with Crippen molar-refractivity contribution in [3.63, 3.8) is 0 Å². The van der Waals surface area contributed by atoms with Gasteiger partial charge in [-0.25, -0.2) is 4.79 Å². The predicted octanol–water partition coefficient (Wildman–Crippen LogP) is 2.45. The maximum atomic E-state index is 12.2. The predicted molar refractivity (Wildman–Crippen MR) is 86.0 cm³/mol. The summed E-state index contributed by atoms with van der Waals surface area (Å²) in [7, 11) is 0. The van der Waals surface area contributed by atoms with Crippen LogP contribution in [-0.2, 0) is 6.54 Å². The number of nitrogens with one attached hydrogen (secondary N) is 1. The molecular weight excluding hydrogens is 280 g/mol. The lowest BCUT2D eigenvalue weighted by Crippen LogP contribution is -2.46. The van der Waals surface area contributed by atoms with Crippen molar-refractivity contribution in [2.75, 3.05) is 19.7 Å². The molecule has 5 heteroatoms. The van der Waals surface area contributed by atoms with Crippen LogP contribution in [0.4, 0.5) is 4.79 Å². The van der Waals surface area contributed by atoms with Crippen molar-refractivity contribution in [1.82, 2.24) is 10.2 Å². The molecule has 0 spiro atoms. The van der Waals surface area contributed by atoms with Crippen molar-refractivity contribution >= 4 is 6.03 Å². The molecule has 1 saturated heterocycles. The molecule has 0 bridgehead atoms. The van der Waals surface area contributed by atoms with E-state index in [4.69, 9.17) is 4.74 Å². The molecule has 1 aliphatic rings. The third-order valence-corrected chi connectivity index (χ3v) is 3.80. The summed E-state index contributed by atoms with van der Waals surface area (Å²) in [5.74, 6) is 0.834. The number of likely N-dealkylation sites (tertiary alicyclic amines) is 1. The molecule has 1 unspecified atom stereocenters. The Morgan fingerprint density at radius 2 is 2.32 bits per heavy atom. The molecule has 2 amide bonds. The van der Waals surface area contributed by atoms with Crippen molar-refractivity contribution in [3.8, 4) is 5.75 Å². The molecule has 22 heavy (non-hydrogen) atoms. The van der Waals surface area contributed by atoms with Gasteiger partial charge in [-0.3, -0.25) is 0 Å². The van der Waals surface area contributed by atoms with Crippen LogP contribution in [0.1, 0.15) is 37.3 Å². The monoisotopic (exact) mass is 306 g/mol. The van der Waals surface area contributed by atoms with E-state index in [9.17, 15) is 9.90 Å². The number of benzene rings is 1. The van der Waals surface area contributed by atoms with Crippen LogP contribution in [0.15, 0.2) is 18.2 Å². The first-order chi connectivity index (χ1) is 10.6. The van der Waals surface area contributed by atoms with E-state index in [0.29, 0.717) is 26.2 Å². The highest BCUT2D eigenvalue weighted by molar-refractivity contribution is 5.74. The summed E-state index contributed by atoms with van der Waals surface area (Å²) in [5, 5.41) is 12.6. The zero-order chi connectivity index (χ0) is 15.9. The molecule has 1 heterocycles. The van der Waals surface area contributed by atoms with E-state index >= 15 is 0 Å². The molecule has 2 N–H and O–H groups in total. The van der Waals surface area contributed by atoms with Gasteiger partial charge in [0.2, 0.25) is 0 Å².